The molecule has 4 heterocycles. The molecule has 12 heteroatoms. The van der Waals surface area contributed by atoms with E-state index in [1.54, 1.807) is 14.2 Å². The Balaban J connectivity index is 0.000000152. The molecule has 0 saturated carbocycles. The molecule has 2 saturated heterocycles. The van der Waals surface area contributed by atoms with Gasteiger partial charge >= 0.3 is 0 Å². The Morgan fingerprint density at radius 3 is 1.25 bits per heavy atom. The van der Waals surface area contributed by atoms with Crippen molar-refractivity contribution >= 4 is 31.4 Å². The summed E-state index contributed by atoms with van der Waals surface area (Å²) in [6, 6.07) is 30.8. The number of para-hydroxylation sites is 2. The molecule has 6 atom stereocenters. The van der Waals surface area contributed by atoms with Gasteiger partial charge in [0.2, 0.25) is 20.0 Å². The summed E-state index contributed by atoms with van der Waals surface area (Å²) in [5, 5.41) is 0. The van der Waals surface area contributed by atoms with Crippen LogP contribution in [0.3, 0.4) is 0 Å². The summed E-state index contributed by atoms with van der Waals surface area (Å²) in [6.45, 7) is 0. The number of rotatable bonds is 6. The van der Waals surface area contributed by atoms with Gasteiger partial charge in [-0.15, -0.1) is 0 Å². The van der Waals surface area contributed by atoms with Crippen LogP contribution >= 0.6 is 0 Å². The molecule has 4 aromatic rings. The van der Waals surface area contributed by atoms with Gasteiger partial charge in [0.05, 0.1) is 50.3 Å². The van der Waals surface area contributed by atoms with Crippen molar-refractivity contribution in [1.82, 2.24) is 0 Å². The molecule has 0 N–H and O–H groups in total. The molecule has 4 aromatic carbocycles. The molecule has 0 aromatic heterocycles. The molecule has 4 aliphatic rings. The maximum absolute atomic E-state index is 12.3. The van der Waals surface area contributed by atoms with Crippen LogP contribution in [0.4, 0.5) is 11.4 Å². The third-order valence-corrected chi connectivity index (χ3v) is 11.8. The van der Waals surface area contributed by atoms with Gasteiger partial charge in [-0.2, -0.15) is 0 Å². The number of anilines is 2. The first-order valence-electron chi connectivity index (χ1n) is 15.7. The molecule has 0 spiro atoms. The third-order valence-electron chi connectivity index (χ3n) is 9.53. The molecule has 8 rings (SSSR count). The van der Waals surface area contributed by atoms with Crippen LogP contribution < -0.4 is 18.1 Å². The fraction of sp³-hybridized carbons (Fsp3) is 0.333. The molecule has 0 radical (unpaired) electrons. The van der Waals surface area contributed by atoms with Crippen LogP contribution in [0, 0.1) is 0 Å². The van der Waals surface area contributed by atoms with Crippen LogP contribution in [0.5, 0.6) is 11.5 Å². The van der Waals surface area contributed by atoms with Crippen molar-refractivity contribution in [3.63, 3.8) is 0 Å². The van der Waals surface area contributed by atoms with E-state index < -0.39 is 32.5 Å². The number of fused-ring (bicyclic) bond motifs is 6. The van der Waals surface area contributed by atoms with Crippen LogP contribution in [0.2, 0.25) is 0 Å². The van der Waals surface area contributed by atoms with Crippen molar-refractivity contribution < 1.29 is 35.8 Å². The van der Waals surface area contributed by atoms with Gasteiger partial charge in [0, 0.05) is 11.8 Å². The molecule has 2 fully saturated rings. The number of sulfonamides is 2. The average molecular weight is 691 g/mol. The first-order valence-corrected chi connectivity index (χ1v) is 19.4. The fourth-order valence-corrected chi connectivity index (χ4v) is 9.60. The Labute approximate surface area is 281 Å². The molecule has 48 heavy (non-hydrogen) atoms. The lowest BCUT2D eigenvalue weighted by molar-refractivity contribution is 0.0509. The number of hydrogen-bond donors (Lipinski definition) is 0. The highest BCUT2D eigenvalue weighted by Crippen LogP contribution is 2.54. The minimum Gasteiger partial charge on any atom is -0.497 e. The lowest BCUT2D eigenvalue weighted by Gasteiger charge is -2.25. The van der Waals surface area contributed by atoms with E-state index in [0.717, 1.165) is 58.0 Å². The van der Waals surface area contributed by atoms with Crippen LogP contribution in [-0.2, 0) is 29.5 Å². The van der Waals surface area contributed by atoms with E-state index in [1.807, 2.05) is 97.1 Å². The second-order valence-electron chi connectivity index (χ2n) is 12.5. The van der Waals surface area contributed by atoms with Crippen molar-refractivity contribution in [1.29, 1.82) is 0 Å². The maximum Gasteiger partial charge on any atom is 0.234 e. The summed E-state index contributed by atoms with van der Waals surface area (Å²) in [5.41, 5.74) is 5.64. The number of methoxy groups -OCH3 is 2. The summed E-state index contributed by atoms with van der Waals surface area (Å²) < 4.78 is 74.8. The van der Waals surface area contributed by atoms with E-state index >= 15 is 0 Å². The minimum absolute atomic E-state index is 0.0584. The Hall–Kier alpha value is -4.10. The predicted octanol–water partition coefficient (Wildman–Crippen LogP) is 6.09. The Morgan fingerprint density at radius 1 is 0.562 bits per heavy atom. The van der Waals surface area contributed by atoms with Crippen molar-refractivity contribution in [2.75, 3.05) is 35.3 Å². The summed E-state index contributed by atoms with van der Waals surface area (Å²) in [6.07, 6.45) is 2.81. The quantitative estimate of drug-likeness (QED) is 0.239. The molecule has 4 aliphatic heterocycles. The van der Waals surface area contributed by atoms with Crippen LogP contribution in [0.1, 0.15) is 59.1 Å². The predicted molar refractivity (Wildman–Crippen MR) is 183 cm³/mol. The molecular formula is C36H38N2O8S2. The fourth-order valence-electron chi connectivity index (χ4n) is 7.41. The Morgan fingerprint density at radius 2 is 0.917 bits per heavy atom. The van der Waals surface area contributed by atoms with E-state index in [-0.39, 0.29) is 24.0 Å². The third kappa shape index (κ3) is 5.80. The smallest absolute Gasteiger partial charge is 0.234 e. The Kier molecular flexibility index (Phi) is 8.39. The van der Waals surface area contributed by atoms with E-state index in [2.05, 4.69) is 0 Å². The van der Waals surface area contributed by atoms with Crippen molar-refractivity contribution in [2.24, 2.45) is 0 Å². The van der Waals surface area contributed by atoms with Crippen LogP contribution in [0.25, 0.3) is 0 Å². The zero-order valence-corrected chi connectivity index (χ0v) is 28.7. The summed E-state index contributed by atoms with van der Waals surface area (Å²) in [4.78, 5) is 0. The monoisotopic (exact) mass is 690 g/mol. The lowest BCUT2D eigenvalue weighted by atomic mass is 9.94. The largest absolute Gasteiger partial charge is 0.497 e. The number of ether oxygens (including phenoxy) is 4. The zero-order valence-electron chi connectivity index (χ0n) is 27.1. The van der Waals surface area contributed by atoms with Gasteiger partial charge in [0.15, 0.2) is 12.5 Å². The van der Waals surface area contributed by atoms with Crippen molar-refractivity contribution in [3.8, 4) is 11.5 Å². The summed E-state index contributed by atoms with van der Waals surface area (Å²) in [5.74, 6) is 1.70. The van der Waals surface area contributed by atoms with Crippen LogP contribution in [0.15, 0.2) is 97.1 Å². The van der Waals surface area contributed by atoms with Gasteiger partial charge in [-0.3, -0.25) is 0 Å². The standard InChI is InChI=1S/2C18H19NO4S/c2*1-22-13-9-7-12(8-10-13)17-11-15-14-5-3-4-6-16(14)19(18(15)23-17)24(2,20)21/h2*3-10,15,17-18H,11H2,1-2H3/t2*15-,17-,18-/m10/s1. The highest BCUT2D eigenvalue weighted by atomic mass is 32.2. The van der Waals surface area contributed by atoms with E-state index in [9.17, 15) is 16.8 Å². The summed E-state index contributed by atoms with van der Waals surface area (Å²) in [7, 11) is -3.53. The second-order valence-corrected chi connectivity index (χ2v) is 16.2. The SMILES string of the molecule is COc1ccc([C@@H]2C[C@H]3c4ccccc4N(S(C)(=O)=O)[C@H]3O2)cc1.COc1ccc([C@H]2C[C@@H]3c4ccccc4N(S(C)(=O)=O)[C@@H]3O2)cc1. The second kappa shape index (κ2) is 12.4. The molecular weight excluding hydrogens is 653 g/mol. The van der Waals surface area contributed by atoms with E-state index in [1.165, 1.54) is 21.1 Å². The van der Waals surface area contributed by atoms with Gasteiger partial charge in [0.1, 0.15) is 11.5 Å². The van der Waals surface area contributed by atoms with Gasteiger partial charge in [-0.05, 0) is 71.5 Å². The van der Waals surface area contributed by atoms with Gasteiger partial charge < -0.3 is 18.9 Å². The average Bonchev–Trinajstić information content (AvgIpc) is 3.83. The number of hydrogen-bond acceptors (Lipinski definition) is 8. The van der Waals surface area contributed by atoms with Crippen LogP contribution in [-0.4, -0.2) is 56.0 Å². The normalized spacial score (nSPS) is 25.4. The zero-order chi connectivity index (χ0) is 33.8. The lowest BCUT2D eigenvalue weighted by Crippen LogP contribution is -2.37. The first kappa shape index (κ1) is 32.4. The van der Waals surface area contributed by atoms with Gasteiger partial charge in [-0.25, -0.2) is 25.4 Å². The van der Waals surface area contributed by atoms with Gasteiger partial charge in [0.25, 0.3) is 0 Å². The van der Waals surface area contributed by atoms with E-state index in [4.69, 9.17) is 18.9 Å². The van der Waals surface area contributed by atoms with E-state index in [0.29, 0.717) is 0 Å². The Bertz CT molecular complexity index is 1870. The van der Waals surface area contributed by atoms with Crippen molar-refractivity contribution in [2.45, 2.75) is 49.3 Å². The molecule has 0 aliphatic carbocycles. The molecule has 0 unspecified atom stereocenters. The molecule has 252 valence electrons. The minimum atomic E-state index is -3.40. The summed E-state index contributed by atoms with van der Waals surface area (Å²) >= 11 is 0. The van der Waals surface area contributed by atoms with Gasteiger partial charge in [-0.1, -0.05) is 60.7 Å². The number of benzene rings is 4. The topological polar surface area (TPSA) is 112 Å². The maximum atomic E-state index is 12.3. The first-order chi connectivity index (χ1) is 23.0. The molecule has 0 amide bonds. The molecule has 10 nitrogen and oxygen atoms in total. The highest BCUT2D eigenvalue weighted by Gasteiger charge is 2.51. The highest BCUT2D eigenvalue weighted by molar-refractivity contribution is 7.92. The number of nitrogens with zero attached hydrogens (tertiary/aromatic N) is 2. The van der Waals surface area contributed by atoms with Crippen molar-refractivity contribution in [3.05, 3.63) is 119 Å². The molecule has 0 bridgehead atoms.